The Labute approximate surface area is 125 Å². The van der Waals surface area contributed by atoms with E-state index in [0.717, 1.165) is 5.57 Å². The Hall–Kier alpha value is -2.67. The molecule has 3 nitrogen and oxygen atoms in total. The lowest BCUT2D eigenvalue weighted by molar-refractivity contribution is 0.528. The first kappa shape index (κ1) is 16.4. The van der Waals surface area contributed by atoms with Crippen LogP contribution in [0, 0.1) is 17.1 Å². The van der Waals surface area contributed by atoms with Crippen molar-refractivity contribution >= 4 is 11.9 Å². The number of benzene rings is 1. The van der Waals surface area contributed by atoms with E-state index in [4.69, 9.17) is 5.26 Å². The molecule has 0 aliphatic heterocycles. The molecule has 0 atom stereocenters. The van der Waals surface area contributed by atoms with Crippen LogP contribution in [0.25, 0.3) is 5.70 Å². The highest BCUT2D eigenvalue weighted by molar-refractivity contribution is 5.69. The van der Waals surface area contributed by atoms with Gasteiger partial charge in [0.05, 0.1) is 11.3 Å². The lowest BCUT2D eigenvalue weighted by Crippen LogP contribution is -2.13. The third-order valence-electron chi connectivity index (χ3n) is 2.59. The minimum absolute atomic E-state index is 0.00860. The van der Waals surface area contributed by atoms with E-state index in [1.807, 2.05) is 6.92 Å². The summed E-state index contributed by atoms with van der Waals surface area (Å²) in [5.41, 5.74) is 2.74. The van der Waals surface area contributed by atoms with E-state index >= 15 is 0 Å². The van der Waals surface area contributed by atoms with Crippen molar-refractivity contribution in [1.29, 1.82) is 5.26 Å². The van der Waals surface area contributed by atoms with Gasteiger partial charge in [-0.2, -0.15) is 10.4 Å². The summed E-state index contributed by atoms with van der Waals surface area (Å²) < 4.78 is 13.8. The lowest BCUT2D eigenvalue weighted by atomic mass is 10.1. The number of allylic oxidation sites excluding steroid dienone is 3. The van der Waals surface area contributed by atoms with Crippen molar-refractivity contribution in [3.05, 3.63) is 65.6 Å². The molecule has 0 bridgehead atoms. The minimum atomic E-state index is -0.565. The highest BCUT2D eigenvalue weighted by Crippen LogP contribution is 2.26. The van der Waals surface area contributed by atoms with E-state index in [-0.39, 0.29) is 5.56 Å². The fraction of sp³-hybridized carbons (Fsp3) is 0.176. The summed E-state index contributed by atoms with van der Waals surface area (Å²) in [6.07, 6.45) is 3.42. The molecule has 21 heavy (non-hydrogen) atoms. The SMILES string of the molecule is C=C(C)/C=C(/c1ccc(C#N)c(F)c1)N(/N=C\C)C(=C)C. The predicted octanol–water partition coefficient (Wildman–Crippen LogP) is 4.46. The number of halogens is 1. The van der Waals surface area contributed by atoms with Crippen molar-refractivity contribution in [3.63, 3.8) is 0 Å². The van der Waals surface area contributed by atoms with Gasteiger partial charge in [0.25, 0.3) is 0 Å². The molecule has 0 aromatic heterocycles. The normalized spacial score (nSPS) is 11.3. The van der Waals surface area contributed by atoms with Crippen LogP contribution in [0.4, 0.5) is 4.39 Å². The lowest BCUT2D eigenvalue weighted by Gasteiger charge is -2.23. The van der Waals surface area contributed by atoms with Crippen LogP contribution < -0.4 is 0 Å². The van der Waals surface area contributed by atoms with Crippen molar-refractivity contribution in [1.82, 2.24) is 5.01 Å². The molecule has 0 aliphatic rings. The van der Waals surface area contributed by atoms with Crippen LogP contribution in [0.3, 0.4) is 0 Å². The number of hydrogen-bond acceptors (Lipinski definition) is 3. The van der Waals surface area contributed by atoms with Gasteiger partial charge in [-0.25, -0.2) is 9.40 Å². The van der Waals surface area contributed by atoms with Crippen molar-refractivity contribution in [2.24, 2.45) is 5.10 Å². The predicted molar refractivity (Wildman–Crippen MR) is 84.7 cm³/mol. The Bertz CT molecular complexity index is 663. The Balaban J connectivity index is 3.46. The molecule has 108 valence electrons. The standard InChI is InChI=1S/C17H18FN3/c1-6-20-21(13(4)5)17(9-12(2)3)14-7-8-15(11-19)16(18)10-14/h6-10H,2,4H2,1,3,5H3/b17-9-,20-6-. The molecule has 0 radical (unpaired) electrons. The first-order chi connectivity index (χ1) is 9.90. The maximum absolute atomic E-state index is 13.8. The quantitative estimate of drug-likeness (QED) is 0.455. The van der Waals surface area contributed by atoms with Gasteiger partial charge in [0, 0.05) is 17.5 Å². The third-order valence-corrected chi connectivity index (χ3v) is 2.59. The summed E-state index contributed by atoms with van der Waals surface area (Å²) in [7, 11) is 0. The van der Waals surface area contributed by atoms with Gasteiger partial charge < -0.3 is 0 Å². The zero-order chi connectivity index (χ0) is 16.0. The molecular weight excluding hydrogens is 265 g/mol. The molecule has 0 saturated heterocycles. The average molecular weight is 283 g/mol. The highest BCUT2D eigenvalue weighted by atomic mass is 19.1. The number of hydrogen-bond donors (Lipinski definition) is 0. The van der Waals surface area contributed by atoms with Gasteiger partial charge in [-0.1, -0.05) is 24.8 Å². The first-order valence-corrected chi connectivity index (χ1v) is 6.42. The zero-order valence-electron chi connectivity index (χ0n) is 12.5. The van der Waals surface area contributed by atoms with Crippen molar-refractivity contribution < 1.29 is 4.39 Å². The van der Waals surface area contributed by atoms with Gasteiger partial charge >= 0.3 is 0 Å². The van der Waals surface area contributed by atoms with Crippen LogP contribution in [0.15, 0.2) is 53.8 Å². The molecule has 0 amide bonds. The summed E-state index contributed by atoms with van der Waals surface area (Å²) >= 11 is 0. The molecule has 1 rings (SSSR count). The number of nitriles is 1. The average Bonchev–Trinajstić information content (AvgIpc) is 2.42. The van der Waals surface area contributed by atoms with Gasteiger partial charge in [0.1, 0.15) is 11.9 Å². The van der Waals surface area contributed by atoms with Gasteiger partial charge in [-0.3, -0.25) is 0 Å². The minimum Gasteiger partial charge on any atom is -0.238 e. The molecule has 1 aromatic carbocycles. The van der Waals surface area contributed by atoms with E-state index in [1.54, 1.807) is 43.3 Å². The summed E-state index contributed by atoms with van der Waals surface area (Å²) in [5.74, 6) is -0.565. The van der Waals surface area contributed by atoms with Crippen LogP contribution in [0.5, 0.6) is 0 Å². The molecule has 0 fully saturated rings. The molecule has 0 unspecified atom stereocenters. The van der Waals surface area contributed by atoms with Crippen molar-refractivity contribution in [2.75, 3.05) is 0 Å². The summed E-state index contributed by atoms with van der Waals surface area (Å²) in [6.45, 7) is 13.2. The van der Waals surface area contributed by atoms with Crippen LogP contribution >= 0.6 is 0 Å². The largest absolute Gasteiger partial charge is 0.238 e. The van der Waals surface area contributed by atoms with Crippen LogP contribution in [0.1, 0.15) is 31.9 Å². The van der Waals surface area contributed by atoms with Gasteiger partial charge in [-0.05, 0) is 39.0 Å². The van der Waals surface area contributed by atoms with Crippen molar-refractivity contribution in [2.45, 2.75) is 20.8 Å². The topological polar surface area (TPSA) is 39.4 Å². The molecule has 4 heteroatoms. The molecule has 0 N–H and O–H groups in total. The number of nitrogens with zero attached hydrogens (tertiary/aromatic N) is 3. The van der Waals surface area contributed by atoms with Gasteiger partial charge in [-0.15, -0.1) is 0 Å². The Kier molecular flexibility index (Phi) is 5.62. The van der Waals surface area contributed by atoms with Gasteiger partial charge in [0.15, 0.2) is 0 Å². The van der Waals surface area contributed by atoms with E-state index in [9.17, 15) is 4.39 Å². The van der Waals surface area contributed by atoms with Crippen molar-refractivity contribution in [3.8, 4) is 6.07 Å². The molecule has 0 heterocycles. The monoisotopic (exact) mass is 283 g/mol. The number of hydrazone groups is 1. The molecule has 0 aliphatic carbocycles. The molecule has 0 saturated carbocycles. The first-order valence-electron chi connectivity index (χ1n) is 6.42. The second kappa shape index (κ2) is 7.20. The van der Waals surface area contributed by atoms with E-state index < -0.39 is 5.82 Å². The highest BCUT2D eigenvalue weighted by Gasteiger charge is 2.14. The smallest absolute Gasteiger partial charge is 0.141 e. The summed E-state index contributed by atoms with van der Waals surface area (Å²) in [5, 5.41) is 14.7. The third kappa shape index (κ3) is 4.15. The fourth-order valence-electron chi connectivity index (χ4n) is 1.75. The maximum Gasteiger partial charge on any atom is 0.141 e. The Morgan fingerprint density at radius 1 is 1.38 bits per heavy atom. The number of rotatable bonds is 5. The molecule has 0 spiro atoms. The second-order valence-electron chi connectivity index (χ2n) is 4.60. The summed E-state index contributed by atoms with van der Waals surface area (Å²) in [4.78, 5) is 0. The van der Waals surface area contributed by atoms with Gasteiger partial charge in [0.2, 0.25) is 0 Å². The molecular formula is C17H18FN3. The Morgan fingerprint density at radius 3 is 2.48 bits per heavy atom. The Morgan fingerprint density at radius 2 is 2.05 bits per heavy atom. The van der Waals surface area contributed by atoms with E-state index in [2.05, 4.69) is 18.3 Å². The van der Waals surface area contributed by atoms with Crippen LogP contribution in [-0.2, 0) is 0 Å². The van der Waals surface area contributed by atoms with Crippen LogP contribution in [0.2, 0.25) is 0 Å². The van der Waals surface area contributed by atoms with Crippen LogP contribution in [-0.4, -0.2) is 11.2 Å². The second-order valence-corrected chi connectivity index (χ2v) is 4.60. The van der Waals surface area contributed by atoms with E-state index in [1.165, 1.54) is 12.1 Å². The van der Waals surface area contributed by atoms with E-state index in [0.29, 0.717) is 17.0 Å². The summed E-state index contributed by atoms with van der Waals surface area (Å²) in [6, 6.07) is 6.25. The molecule has 1 aromatic rings. The maximum atomic E-state index is 13.8. The zero-order valence-corrected chi connectivity index (χ0v) is 12.5. The fourth-order valence-corrected chi connectivity index (χ4v) is 1.75.